The van der Waals surface area contributed by atoms with Crippen LogP contribution >= 0.6 is 0 Å². The fourth-order valence-corrected chi connectivity index (χ4v) is 2.62. The first-order valence-corrected chi connectivity index (χ1v) is 9.67. The normalized spacial score (nSPS) is 11.3. The molecule has 0 amide bonds. The van der Waals surface area contributed by atoms with E-state index in [0.717, 1.165) is 29.3 Å². The van der Waals surface area contributed by atoms with Crippen LogP contribution in [0.2, 0.25) is 0 Å². The fraction of sp³-hybridized carbons (Fsp3) is 0.150. The van der Waals surface area contributed by atoms with Gasteiger partial charge in [-0.1, -0.05) is 12.1 Å². The number of rotatable bonds is 4. The molecule has 0 unspecified atom stereocenters. The minimum absolute atomic E-state index is 0.107. The number of phenolic OH excluding ortho intramolecular Hbond substituents is 2. The summed E-state index contributed by atoms with van der Waals surface area (Å²) in [5.41, 5.74) is 2.59. The van der Waals surface area contributed by atoms with Crippen molar-refractivity contribution in [3.63, 3.8) is 0 Å². The van der Waals surface area contributed by atoms with Crippen LogP contribution in [-0.4, -0.2) is 37.4 Å². The standard InChI is InChI=1S/C19H17NO3.CH4O4S/c1-20-15(10-8-14-4-3-5-16(21)19(14)20)9-6-13-7-11-18(23-2)17(22)12-13;1-5-6(2,3)4/h3-12H,1-2H3,(H-,21,22);1H3,(H,2,3,4). The van der Waals surface area contributed by atoms with E-state index >= 15 is 0 Å². The molecule has 8 nitrogen and oxygen atoms in total. The van der Waals surface area contributed by atoms with E-state index in [9.17, 15) is 23.2 Å². The highest BCUT2D eigenvalue weighted by Crippen LogP contribution is 2.27. The molecule has 0 radical (unpaired) electrons. The monoisotopic (exact) mass is 419 g/mol. The molecule has 0 saturated carbocycles. The number of ether oxygens (including phenoxy) is 1. The largest absolute Gasteiger partial charge is 0.726 e. The molecule has 0 atom stereocenters. The Morgan fingerprint density at radius 3 is 2.28 bits per heavy atom. The molecule has 0 aliphatic carbocycles. The molecule has 0 aliphatic rings. The second-order valence-corrected chi connectivity index (χ2v) is 7.02. The summed E-state index contributed by atoms with van der Waals surface area (Å²) in [5, 5.41) is 20.9. The number of fused-ring (bicyclic) bond motifs is 1. The molecule has 0 bridgehead atoms. The summed E-state index contributed by atoms with van der Waals surface area (Å²) in [5.74, 6) is 0.806. The van der Waals surface area contributed by atoms with Gasteiger partial charge in [0.25, 0.3) is 5.52 Å². The highest BCUT2D eigenvalue weighted by atomic mass is 32.3. The Morgan fingerprint density at radius 2 is 1.69 bits per heavy atom. The van der Waals surface area contributed by atoms with Crippen molar-refractivity contribution in [2.24, 2.45) is 7.05 Å². The summed E-state index contributed by atoms with van der Waals surface area (Å²) < 4.78 is 38.0. The van der Waals surface area contributed by atoms with Crippen molar-refractivity contribution in [1.82, 2.24) is 0 Å². The number of aromatic nitrogens is 1. The maximum atomic E-state index is 10.1. The Kier molecular flexibility index (Phi) is 7.16. The number of aromatic hydroxyl groups is 2. The number of phenols is 2. The van der Waals surface area contributed by atoms with Crippen LogP contribution in [-0.2, 0) is 21.6 Å². The third-order valence-corrected chi connectivity index (χ3v) is 4.46. The molecule has 0 fully saturated rings. The third kappa shape index (κ3) is 5.92. The van der Waals surface area contributed by atoms with Gasteiger partial charge >= 0.3 is 0 Å². The van der Waals surface area contributed by atoms with Crippen molar-refractivity contribution < 1.29 is 36.7 Å². The summed E-state index contributed by atoms with van der Waals surface area (Å²) in [6.07, 6.45) is 3.84. The molecule has 9 heteroatoms. The van der Waals surface area contributed by atoms with Gasteiger partial charge in [-0.05, 0) is 42.0 Å². The summed E-state index contributed by atoms with van der Waals surface area (Å²) >= 11 is 0. The first-order valence-electron chi connectivity index (χ1n) is 8.33. The third-order valence-electron chi connectivity index (χ3n) is 4.06. The van der Waals surface area contributed by atoms with Gasteiger partial charge < -0.3 is 19.5 Å². The van der Waals surface area contributed by atoms with Crippen LogP contribution < -0.4 is 9.30 Å². The number of aryl methyl sites for hydroxylation is 1. The van der Waals surface area contributed by atoms with Gasteiger partial charge in [-0.3, -0.25) is 4.18 Å². The maximum absolute atomic E-state index is 10.1. The summed E-state index contributed by atoms with van der Waals surface area (Å²) in [4.78, 5) is 0. The van der Waals surface area contributed by atoms with Crippen molar-refractivity contribution in [2.75, 3.05) is 14.2 Å². The van der Waals surface area contributed by atoms with Crippen molar-refractivity contribution in [2.45, 2.75) is 0 Å². The lowest BCUT2D eigenvalue weighted by atomic mass is 10.1. The molecule has 29 heavy (non-hydrogen) atoms. The molecule has 2 N–H and O–H groups in total. The van der Waals surface area contributed by atoms with Crippen LogP contribution in [0.15, 0.2) is 48.5 Å². The number of para-hydroxylation sites is 1. The second kappa shape index (κ2) is 9.37. The van der Waals surface area contributed by atoms with Gasteiger partial charge in [-0.2, -0.15) is 4.57 Å². The Bertz CT molecular complexity index is 1140. The van der Waals surface area contributed by atoms with Crippen molar-refractivity contribution in [1.29, 1.82) is 0 Å². The number of pyridine rings is 1. The fourth-order valence-electron chi connectivity index (χ4n) is 2.62. The molecule has 154 valence electrons. The molecule has 2 aromatic carbocycles. The molecule has 0 saturated heterocycles. The second-order valence-electron chi connectivity index (χ2n) is 5.87. The number of benzene rings is 2. The predicted octanol–water partition coefficient (Wildman–Crippen LogP) is 2.35. The van der Waals surface area contributed by atoms with E-state index in [-0.39, 0.29) is 11.5 Å². The first kappa shape index (κ1) is 22.2. The van der Waals surface area contributed by atoms with Gasteiger partial charge in [0.1, 0.15) is 7.05 Å². The SMILES string of the molecule is COS(=O)(=O)[O-].COc1ccc(C=Cc2ccc3cccc(O)c3[n+]2C)cc1O. The molecular weight excluding hydrogens is 398 g/mol. The van der Waals surface area contributed by atoms with E-state index in [1.54, 1.807) is 18.2 Å². The van der Waals surface area contributed by atoms with Crippen LogP contribution in [0.4, 0.5) is 0 Å². The van der Waals surface area contributed by atoms with Gasteiger partial charge in [0, 0.05) is 12.1 Å². The van der Waals surface area contributed by atoms with Gasteiger partial charge in [-0.25, -0.2) is 8.42 Å². The smallest absolute Gasteiger partial charge is 0.254 e. The zero-order valence-electron chi connectivity index (χ0n) is 16.1. The summed E-state index contributed by atoms with van der Waals surface area (Å²) in [6, 6.07) is 14.7. The van der Waals surface area contributed by atoms with E-state index in [1.165, 1.54) is 7.11 Å². The van der Waals surface area contributed by atoms with Crippen LogP contribution in [0.1, 0.15) is 11.3 Å². The number of hydrogen-bond acceptors (Lipinski definition) is 7. The number of hydrogen-bond donors (Lipinski definition) is 2. The Hall–Kier alpha value is -3.14. The van der Waals surface area contributed by atoms with Gasteiger partial charge in [0.2, 0.25) is 16.1 Å². The average molecular weight is 419 g/mol. The van der Waals surface area contributed by atoms with E-state index in [4.69, 9.17) is 4.74 Å². The Balaban J connectivity index is 0.000000438. The minimum Gasteiger partial charge on any atom is -0.726 e. The molecule has 0 spiro atoms. The van der Waals surface area contributed by atoms with Gasteiger partial charge in [0.05, 0.1) is 19.6 Å². The summed E-state index contributed by atoms with van der Waals surface area (Å²) in [7, 11) is -0.174. The highest BCUT2D eigenvalue weighted by Gasteiger charge is 2.13. The highest BCUT2D eigenvalue weighted by molar-refractivity contribution is 7.80. The molecular formula is C20H21NO7S. The number of methoxy groups -OCH3 is 1. The van der Waals surface area contributed by atoms with E-state index in [2.05, 4.69) is 4.18 Å². The van der Waals surface area contributed by atoms with Crippen LogP contribution in [0.25, 0.3) is 23.1 Å². The average Bonchev–Trinajstić information content (AvgIpc) is 2.67. The topological polar surface area (TPSA) is 120 Å². The predicted molar refractivity (Wildman–Crippen MR) is 107 cm³/mol. The molecule has 1 aromatic heterocycles. The van der Waals surface area contributed by atoms with Crippen molar-refractivity contribution >= 4 is 33.5 Å². The van der Waals surface area contributed by atoms with Crippen molar-refractivity contribution in [3.05, 3.63) is 59.8 Å². The van der Waals surface area contributed by atoms with E-state index in [1.807, 2.05) is 54.1 Å². The lowest BCUT2D eigenvalue weighted by molar-refractivity contribution is -0.646. The van der Waals surface area contributed by atoms with Crippen LogP contribution in [0.5, 0.6) is 17.2 Å². The first-order chi connectivity index (χ1) is 13.7. The Labute approximate surface area is 168 Å². The zero-order chi connectivity index (χ0) is 21.6. The minimum atomic E-state index is -4.41. The zero-order valence-corrected chi connectivity index (χ0v) is 16.9. The van der Waals surface area contributed by atoms with Crippen molar-refractivity contribution in [3.8, 4) is 17.2 Å². The quantitative estimate of drug-likeness (QED) is 0.378. The maximum Gasteiger partial charge on any atom is 0.254 e. The molecule has 3 aromatic rings. The molecule has 0 aliphatic heterocycles. The van der Waals surface area contributed by atoms with Gasteiger partial charge in [-0.15, -0.1) is 0 Å². The number of nitrogens with zero attached hydrogens (tertiary/aromatic N) is 1. The molecule has 1 heterocycles. The van der Waals surface area contributed by atoms with E-state index < -0.39 is 10.4 Å². The molecule has 3 rings (SSSR count). The van der Waals surface area contributed by atoms with E-state index in [0.29, 0.717) is 5.75 Å². The van der Waals surface area contributed by atoms with Crippen LogP contribution in [0, 0.1) is 0 Å². The van der Waals surface area contributed by atoms with Crippen LogP contribution in [0.3, 0.4) is 0 Å². The Morgan fingerprint density at radius 1 is 1.00 bits per heavy atom. The lowest BCUT2D eigenvalue weighted by Gasteiger charge is -2.04. The summed E-state index contributed by atoms with van der Waals surface area (Å²) in [6.45, 7) is 0. The lowest BCUT2D eigenvalue weighted by Crippen LogP contribution is -2.32. The van der Waals surface area contributed by atoms with Gasteiger partial charge in [0.15, 0.2) is 17.2 Å².